The molecule has 1 aliphatic rings. The summed E-state index contributed by atoms with van der Waals surface area (Å²) in [4.78, 5) is 8.95. The molecule has 2 atom stereocenters. The maximum Gasteiger partial charge on any atom is 0.223 e. The third kappa shape index (κ3) is 3.38. The molecule has 1 saturated carbocycles. The van der Waals surface area contributed by atoms with Gasteiger partial charge in [0.1, 0.15) is 0 Å². The Balaban J connectivity index is 1.72. The molecular formula is C18H25N3O. The van der Waals surface area contributed by atoms with Crippen LogP contribution in [0.25, 0.3) is 10.9 Å². The van der Waals surface area contributed by atoms with E-state index in [4.69, 9.17) is 0 Å². The summed E-state index contributed by atoms with van der Waals surface area (Å²) in [5.74, 6) is 0.665. The number of fused-ring (bicyclic) bond motifs is 1. The molecule has 1 aromatic carbocycles. The summed E-state index contributed by atoms with van der Waals surface area (Å²) in [5.41, 5.74) is 1.20. The minimum Gasteiger partial charge on any atom is -0.393 e. The molecule has 0 radical (unpaired) electrons. The molecule has 2 aromatic rings. The van der Waals surface area contributed by atoms with Gasteiger partial charge in [-0.15, -0.1) is 0 Å². The van der Waals surface area contributed by atoms with E-state index in [2.05, 4.69) is 36.1 Å². The summed E-state index contributed by atoms with van der Waals surface area (Å²) in [7, 11) is 0. The first-order valence-corrected chi connectivity index (χ1v) is 7.99. The van der Waals surface area contributed by atoms with Crippen molar-refractivity contribution < 1.29 is 5.11 Å². The predicted octanol–water partition coefficient (Wildman–Crippen LogP) is 3.62. The number of nitrogens with one attached hydrogen (secondary N) is 1. The third-order valence-electron chi connectivity index (χ3n) is 4.58. The highest BCUT2D eigenvalue weighted by molar-refractivity contribution is 5.78. The average Bonchev–Trinajstić information content (AvgIpc) is 2.42. The van der Waals surface area contributed by atoms with Crippen molar-refractivity contribution in [2.24, 2.45) is 10.8 Å². The standard InChI is InChI=1S/C18H25N3O/c1-17(2)8-14(22)9-18(3,11-17)12-20-16-19-10-13-6-4-5-7-15(13)21-16/h4-7,10,14,22H,8-9,11-12H2,1-3H3,(H,19,20,21)/t14-,18-/m0/s1. The Morgan fingerprint density at radius 3 is 2.77 bits per heavy atom. The minimum absolute atomic E-state index is 0.0656. The fourth-order valence-electron chi connectivity index (χ4n) is 4.06. The van der Waals surface area contributed by atoms with Crippen molar-refractivity contribution in [1.82, 2.24) is 9.97 Å². The van der Waals surface area contributed by atoms with E-state index in [9.17, 15) is 5.11 Å². The summed E-state index contributed by atoms with van der Waals surface area (Å²) in [5, 5.41) is 14.6. The van der Waals surface area contributed by atoms with Gasteiger partial charge in [0, 0.05) is 18.1 Å². The van der Waals surface area contributed by atoms with Crippen LogP contribution in [-0.4, -0.2) is 27.7 Å². The summed E-state index contributed by atoms with van der Waals surface area (Å²) in [6.45, 7) is 7.50. The second kappa shape index (κ2) is 5.51. The molecule has 4 heteroatoms. The first-order valence-electron chi connectivity index (χ1n) is 7.99. The fraction of sp³-hybridized carbons (Fsp3) is 0.556. The lowest BCUT2D eigenvalue weighted by molar-refractivity contribution is -0.00323. The topological polar surface area (TPSA) is 58.0 Å². The van der Waals surface area contributed by atoms with Crippen molar-refractivity contribution in [1.29, 1.82) is 0 Å². The normalized spacial score (nSPS) is 27.7. The number of aliphatic hydroxyl groups excluding tert-OH is 1. The van der Waals surface area contributed by atoms with Crippen molar-refractivity contribution in [3.05, 3.63) is 30.5 Å². The Hall–Kier alpha value is -1.68. The van der Waals surface area contributed by atoms with Crippen LogP contribution in [0.1, 0.15) is 40.0 Å². The van der Waals surface area contributed by atoms with Crippen LogP contribution < -0.4 is 5.32 Å². The molecule has 22 heavy (non-hydrogen) atoms. The maximum absolute atomic E-state index is 10.2. The third-order valence-corrected chi connectivity index (χ3v) is 4.58. The quantitative estimate of drug-likeness (QED) is 0.909. The van der Waals surface area contributed by atoms with Crippen LogP contribution in [0.2, 0.25) is 0 Å². The Kier molecular flexibility index (Phi) is 3.81. The zero-order valence-electron chi connectivity index (χ0n) is 13.6. The van der Waals surface area contributed by atoms with Crippen LogP contribution in [0.4, 0.5) is 5.95 Å². The van der Waals surface area contributed by atoms with Gasteiger partial charge in [-0.2, -0.15) is 0 Å². The SMILES string of the molecule is CC1(C)C[C@H](O)C[C@](C)(CNc2ncc3ccccc3n2)C1. The summed E-state index contributed by atoms with van der Waals surface area (Å²) >= 11 is 0. The molecule has 0 amide bonds. The van der Waals surface area contributed by atoms with Gasteiger partial charge in [0.2, 0.25) is 5.95 Å². The highest BCUT2D eigenvalue weighted by atomic mass is 16.3. The lowest BCUT2D eigenvalue weighted by Crippen LogP contribution is -2.42. The number of benzene rings is 1. The van der Waals surface area contributed by atoms with Crippen LogP contribution in [0, 0.1) is 10.8 Å². The Bertz CT molecular complexity index is 670. The van der Waals surface area contributed by atoms with Gasteiger partial charge in [-0.3, -0.25) is 0 Å². The van der Waals surface area contributed by atoms with E-state index < -0.39 is 0 Å². The highest BCUT2D eigenvalue weighted by Crippen LogP contribution is 2.45. The number of anilines is 1. The second-order valence-corrected chi connectivity index (χ2v) is 7.82. The van der Waals surface area contributed by atoms with Crippen LogP contribution in [0.3, 0.4) is 0 Å². The molecular weight excluding hydrogens is 274 g/mol. The van der Waals surface area contributed by atoms with Crippen LogP contribution >= 0.6 is 0 Å². The van der Waals surface area contributed by atoms with Gasteiger partial charge in [0.15, 0.2) is 0 Å². The Labute approximate surface area is 132 Å². The van der Waals surface area contributed by atoms with E-state index in [1.54, 1.807) is 0 Å². The van der Waals surface area contributed by atoms with Crippen LogP contribution in [0.15, 0.2) is 30.5 Å². The molecule has 2 N–H and O–H groups in total. The molecule has 1 heterocycles. The van der Waals surface area contributed by atoms with Crippen LogP contribution in [-0.2, 0) is 0 Å². The number of aromatic nitrogens is 2. The number of hydrogen-bond acceptors (Lipinski definition) is 4. The van der Waals surface area contributed by atoms with E-state index >= 15 is 0 Å². The first-order chi connectivity index (χ1) is 10.4. The molecule has 1 fully saturated rings. The minimum atomic E-state index is -0.215. The van der Waals surface area contributed by atoms with Crippen LogP contribution in [0.5, 0.6) is 0 Å². The molecule has 0 unspecified atom stereocenters. The first kappa shape index (κ1) is 15.2. The average molecular weight is 299 g/mol. The molecule has 4 nitrogen and oxygen atoms in total. The van der Waals surface area contributed by atoms with Gasteiger partial charge in [-0.25, -0.2) is 9.97 Å². The van der Waals surface area contributed by atoms with Crippen molar-refractivity contribution in [2.75, 3.05) is 11.9 Å². The van der Waals surface area contributed by atoms with E-state index in [0.717, 1.165) is 36.7 Å². The molecule has 0 saturated heterocycles. The molecule has 0 aliphatic heterocycles. The summed E-state index contributed by atoms with van der Waals surface area (Å²) in [6.07, 6.45) is 4.45. The maximum atomic E-state index is 10.2. The molecule has 0 spiro atoms. The predicted molar refractivity (Wildman–Crippen MR) is 89.8 cm³/mol. The van der Waals surface area contributed by atoms with E-state index in [1.807, 2.05) is 30.5 Å². The summed E-state index contributed by atoms with van der Waals surface area (Å²) in [6, 6.07) is 7.99. The zero-order valence-corrected chi connectivity index (χ0v) is 13.6. The lowest BCUT2D eigenvalue weighted by Gasteiger charge is -2.45. The van der Waals surface area contributed by atoms with Crippen molar-refractivity contribution in [3.63, 3.8) is 0 Å². The Morgan fingerprint density at radius 2 is 2.00 bits per heavy atom. The lowest BCUT2D eigenvalue weighted by atomic mass is 9.63. The van der Waals surface area contributed by atoms with Gasteiger partial charge >= 0.3 is 0 Å². The number of rotatable bonds is 3. The number of aliphatic hydroxyl groups is 1. The van der Waals surface area contributed by atoms with Gasteiger partial charge in [-0.05, 0) is 36.2 Å². The monoisotopic (exact) mass is 299 g/mol. The van der Waals surface area contributed by atoms with Gasteiger partial charge in [0.05, 0.1) is 11.6 Å². The molecule has 3 rings (SSSR count). The number of nitrogens with zero attached hydrogens (tertiary/aromatic N) is 2. The van der Waals surface area contributed by atoms with Gasteiger partial charge < -0.3 is 10.4 Å². The van der Waals surface area contributed by atoms with Gasteiger partial charge in [0.25, 0.3) is 0 Å². The smallest absolute Gasteiger partial charge is 0.223 e. The van der Waals surface area contributed by atoms with Crippen molar-refractivity contribution in [2.45, 2.75) is 46.1 Å². The molecule has 0 bridgehead atoms. The molecule has 1 aromatic heterocycles. The fourth-order valence-corrected chi connectivity index (χ4v) is 4.06. The van der Waals surface area contributed by atoms with Crippen molar-refractivity contribution in [3.8, 4) is 0 Å². The largest absolute Gasteiger partial charge is 0.393 e. The molecule has 118 valence electrons. The zero-order chi connectivity index (χ0) is 15.8. The highest BCUT2D eigenvalue weighted by Gasteiger charge is 2.40. The second-order valence-electron chi connectivity index (χ2n) is 7.82. The molecule has 1 aliphatic carbocycles. The van der Waals surface area contributed by atoms with Gasteiger partial charge in [-0.1, -0.05) is 39.0 Å². The summed E-state index contributed by atoms with van der Waals surface area (Å²) < 4.78 is 0. The Morgan fingerprint density at radius 1 is 1.23 bits per heavy atom. The van der Waals surface area contributed by atoms with E-state index in [1.165, 1.54) is 0 Å². The number of para-hydroxylation sites is 1. The van der Waals surface area contributed by atoms with Crippen molar-refractivity contribution >= 4 is 16.9 Å². The van der Waals surface area contributed by atoms with E-state index in [-0.39, 0.29) is 16.9 Å². The van der Waals surface area contributed by atoms with E-state index in [0.29, 0.717) is 5.95 Å². The number of hydrogen-bond donors (Lipinski definition) is 2.